The second-order valence-corrected chi connectivity index (χ2v) is 5.71. The summed E-state index contributed by atoms with van der Waals surface area (Å²) >= 11 is 5.84. The monoisotopic (exact) mass is 327 g/mol. The number of fused-ring (bicyclic) bond motifs is 1. The fourth-order valence-corrected chi connectivity index (χ4v) is 2.65. The van der Waals surface area contributed by atoms with Crippen LogP contribution in [-0.4, -0.2) is 12.5 Å². The van der Waals surface area contributed by atoms with Crippen LogP contribution in [0.3, 0.4) is 0 Å². The fourth-order valence-electron chi connectivity index (χ4n) is 2.53. The van der Waals surface area contributed by atoms with E-state index in [0.29, 0.717) is 34.3 Å². The highest BCUT2D eigenvalue weighted by molar-refractivity contribution is 6.30. The van der Waals surface area contributed by atoms with Crippen molar-refractivity contribution in [1.82, 2.24) is 5.32 Å². The molecule has 0 saturated heterocycles. The summed E-state index contributed by atoms with van der Waals surface area (Å²) < 4.78 is 13.8. The molecule has 3 rings (SSSR count). The van der Waals surface area contributed by atoms with Crippen molar-refractivity contribution in [3.63, 3.8) is 0 Å². The number of carbonyl (C=O) groups is 1. The molecule has 0 atom stereocenters. The summed E-state index contributed by atoms with van der Waals surface area (Å²) in [5.74, 6) is -0.520. The predicted molar refractivity (Wildman–Crippen MR) is 91.4 cm³/mol. The van der Waals surface area contributed by atoms with Crippen LogP contribution in [0.2, 0.25) is 5.02 Å². The van der Waals surface area contributed by atoms with Crippen molar-refractivity contribution in [3.05, 3.63) is 82.6 Å². The first-order chi connectivity index (χ1) is 11.1. The fraction of sp³-hybridized carbons (Fsp3) is 0.105. The van der Waals surface area contributed by atoms with Crippen LogP contribution in [0.25, 0.3) is 10.8 Å². The van der Waals surface area contributed by atoms with Gasteiger partial charge in [0.25, 0.3) is 5.91 Å². The van der Waals surface area contributed by atoms with Crippen molar-refractivity contribution in [2.24, 2.45) is 0 Å². The Morgan fingerprint density at radius 3 is 2.39 bits per heavy atom. The van der Waals surface area contributed by atoms with Gasteiger partial charge in [-0.25, -0.2) is 4.39 Å². The molecular weight excluding hydrogens is 313 g/mol. The molecule has 0 unspecified atom stereocenters. The number of halogens is 2. The summed E-state index contributed by atoms with van der Waals surface area (Å²) in [5, 5.41) is 4.65. The summed E-state index contributed by atoms with van der Waals surface area (Å²) in [6.45, 7) is 0.506. The van der Waals surface area contributed by atoms with Gasteiger partial charge in [-0.05, 0) is 41.6 Å². The first-order valence-corrected chi connectivity index (χ1v) is 7.73. The predicted octanol–water partition coefficient (Wildman–Crippen LogP) is 4.60. The smallest absolute Gasteiger partial charge is 0.251 e. The van der Waals surface area contributed by atoms with E-state index in [1.807, 2.05) is 24.3 Å². The Labute approximate surface area is 138 Å². The van der Waals surface area contributed by atoms with Crippen LogP contribution < -0.4 is 5.32 Å². The molecule has 2 nitrogen and oxygen atoms in total. The number of amides is 1. The Hall–Kier alpha value is -2.39. The van der Waals surface area contributed by atoms with E-state index in [2.05, 4.69) is 5.32 Å². The van der Waals surface area contributed by atoms with Crippen LogP contribution >= 0.6 is 11.6 Å². The van der Waals surface area contributed by atoms with Gasteiger partial charge in [-0.15, -0.1) is 0 Å². The molecular formula is C19H15ClFNO. The highest BCUT2D eigenvalue weighted by Crippen LogP contribution is 2.21. The first-order valence-electron chi connectivity index (χ1n) is 7.35. The van der Waals surface area contributed by atoms with E-state index < -0.39 is 0 Å². The van der Waals surface area contributed by atoms with Crippen LogP contribution in [0.5, 0.6) is 0 Å². The Bertz CT molecular complexity index is 846. The highest BCUT2D eigenvalue weighted by atomic mass is 35.5. The van der Waals surface area contributed by atoms with Crippen molar-refractivity contribution < 1.29 is 9.18 Å². The van der Waals surface area contributed by atoms with Crippen LogP contribution in [0, 0.1) is 5.82 Å². The largest absolute Gasteiger partial charge is 0.352 e. The van der Waals surface area contributed by atoms with E-state index in [-0.39, 0.29) is 11.7 Å². The maximum absolute atomic E-state index is 13.8. The van der Waals surface area contributed by atoms with Crippen LogP contribution in [0.15, 0.2) is 60.7 Å². The lowest BCUT2D eigenvalue weighted by Gasteiger charge is -2.09. The van der Waals surface area contributed by atoms with Crippen LogP contribution in [0.1, 0.15) is 15.9 Å². The van der Waals surface area contributed by atoms with E-state index in [1.54, 1.807) is 24.3 Å². The van der Waals surface area contributed by atoms with E-state index >= 15 is 0 Å². The number of hydrogen-bond donors (Lipinski definition) is 1. The average Bonchev–Trinajstić information content (AvgIpc) is 2.57. The van der Waals surface area contributed by atoms with Crippen molar-refractivity contribution >= 4 is 28.3 Å². The summed E-state index contributed by atoms with van der Waals surface area (Å²) in [4.78, 5) is 12.4. The third-order valence-electron chi connectivity index (χ3n) is 3.73. The van der Waals surface area contributed by atoms with Crippen LogP contribution in [-0.2, 0) is 6.42 Å². The minimum absolute atomic E-state index is 0.199. The zero-order valence-corrected chi connectivity index (χ0v) is 13.1. The van der Waals surface area contributed by atoms with Crippen LogP contribution in [0.4, 0.5) is 4.39 Å². The maximum atomic E-state index is 13.8. The second kappa shape index (κ2) is 6.80. The number of hydrogen-bond acceptors (Lipinski definition) is 1. The summed E-state index contributed by atoms with van der Waals surface area (Å²) in [7, 11) is 0. The first kappa shape index (κ1) is 15.5. The minimum atomic E-state index is -0.321. The average molecular weight is 328 g/mol. The number of carbonyl (C=O) groups excluding carboxylic acids is 1. The molecule has 116 valence electrons. The Kier molecular flexibility index (Phi) is 4.58. The molecule has 0 aromatic heterocycles. The SMILES string of the molecule is O=C(NCCc1ccc(Cl)cc1)c1ccc(F)c2ccccc12. The Morgan fingerprint density at radius 1 is 0.957 bits per heavy atom. The molecule has 0 aliphatic rings. The summed E-state index contributed by atoms with van der Waals surface area (Å²) in [6, 6.07) is 17.4. The third-order valence-corrected chi connectivity index (χ3v) is 3.98. The Morgan fingerprint density at radius 2 is 1.65 bits per heavy atom. The molecule has 0 aliphatic heterocycles. The van der Waals surface area contributed by atoms with Crippen molar-refractivity contribution in [1.29, 1.82) is 0 Å². The topological polar surface area (TPSA) is 29.1 Å². The van der Waals surface area contributed by atoms with Gasteiger partial charge < -0.3 is 5.32 Å². The maximum Gasteiger partial charge on any atom is 0.251 e. The number of nitrogens with one attached hydrogen (secondary N) is 1. The molecule has 1 amide bonds. The molecule has 0 spiro atoms. The molecule has 0 aliphatic carbocycles. The van der Waals surface area contributed by atoms with Gasteiger partial charge in [0.1, 0.15) is 5.82 Å². The van der Waals surface area contributed by atoms with Gasteiger partial charge in [-0.3, -0.25) is 4.79 Å². The zero-order valence-electron chi connectivity index (χ0n) is 12.4. The second-order valence-electron chi connectivity index (χ2n) is 5.27. The molecule has 0 heterocycles. The van der Waals surface area contributed by atoms with Gasteiger partial charge in [-0.2, -0.15) is 0 Å². The van der Waals surface area contributed by atoms with Gasteiger partial charge in [0.2, 0.25) is 0 Å². The normalized spacial score (nSPS) is 10.7. The van der Waals surface area contributed by atoms with Gasteiger partial charge >= 0.3 is 0 Å². The van der Waals surface area contributed by atoms with Gasteiger partial charge in [0.05, 0.1) is 0 Å². The molecule has 23 heavy (non-hydrogen) atoms. The molecule has 3 aromatic rings. The minimum Gasteiger partial charge on any atom is -0.352 e. The molecule has 4 heteroatoms. The standard InChI is InChI=1S/C19H15ClFNO/c20-14-7-5-13(6-8-14)11-12-22-19(23)17-9-10-18(21)16-4-2-1-3-15(16)17/h1-10H,11-12H2,(H,22,23). The lowest BCUT2D eigenvalue weighted by Crippen LogP contribution is -2.25. The molecule has 1 N–H and O–H groups in total. The highest BCUT2D eigenvalue weighted by Gasteiger charge is 2.11. The van der Waals surface area contributed by atoms with E-state index in [4.69, 9.17) is 11.6 Å². The molecule has 0 radical (unpaired) electrons. The summed E-state index contributed by atoms with van der Waals surface area (Å²) in [5.41, 5.74) is 1.58. The summed E-state index contributed by atoms with van der Waals surface area (Å²) in [6.07, 6.45) is 0.710. The van der Waals surface area contributed by atoms with E-state index in [0.717, 1.165) is 5.56 Å². The van der Waals surface area contributed by atoms with Gasteiger partial charge in [-0.1, -0.05) is 48.0 Å². The zero-order chi connectivity index (χ0) is 16.2. The molecule has 3 aromatic carbocycles. The van der Waals surface area contributed by atoms with E-state index in [9.17, 15) is 9.18 Å². The number of benzene rings is 3. The number of rotatable bonds is 4. The van der Waals surface area contributed by atoms with Crippen molar-refractivity contribution in [3.8, 4) is 0 Å². The van der Waals surface area contributed by atoms with Gasteiger partial charge in [0.15, 0.2) is 0 Å². The van der Waals surface area contributed by atoms with E-state index in [1.165, 1.54) is 12.1 Å². The lowest BCUT2D eigenvalue weighted by molar-refractivity contribution is 0.0956. The van der Waals surface area contributed by atoms with Crippen molar-refractivity contribution in [2.75, 3.05) is 6.54 Å². The third kappa shape index (κ3) is 3.51. The Balaban J connectivity index is 1.71. The van der Waals surface area contributed by atoms with Crippen molar-refractivity contribution in [2.45, 2.75) is 6.42 Å². The quantitative estimate of drug-likeness (QED) is 0.745. The molecule has 0 fully saturated rings. The van der Waals surface area contributed by atoms with Gasteiger partial charge in [0, 0.05) is 22.5 Å². The molecule has 0 bridgehead atoms. The lowest BCUT2D eigenvalue weighted by atomic mass is 10.0. The molecule has 0 saturated carbocycles.